The predicted octanol–water partition coefficient (Wildman–Crippen LogP) is 3.45. The number of amides is 1. The van der Waals surface area contributed by atoms with Crippen molar-refractivity contribution in [3.63, 3.8) is 0 Å². The Hall–Kier alpha value is -3.55. The van der Waals surface area contributed by atoms with Crippen molar-refractivity contribution in [3.05, 3.63) is 66.0 Å². The maximum Gasteiger partial charge on any atom is 0.408 e. The van der Waals surface area contributed by atoms with E-state index in [-0.39, 0.29) is 11.6 Å². The molecule has 150 valence electrons. The molecule has 0 radical (unpaired) electrons. The number of aromatic nitrogens is 4. The van der Waals surface area contributed by atoms with E-state index in [4.69, 9.17) is 4.74 Å². The zero-order valence-electron chi connectivity index (χ0n) is 16.5. The summed E-state index contributed by atoms with van der Waals surface area (Å²) >= 11 is 0. The van der Waals surface area contributed by atoms with Crippen LogP contribution in [0.25, 0.3) is 11.4 Å². The Balaban J connectivity index is 1.83. The SMILES string of the molecule is CC(C)(C)OC(=O)NC(Cc1ccc(O)cc1)c1nnc(-c2ccccc2)nn1. The lowest BCUT2D eigenvalue weighted by atomic mass is 10.1. The minimum Gasteiger partial charge on any atom is -0.508 e. The third-order valence-electron chi connectivity index (χ3n) is 3.91. The van der Waals surface area contributed by atoms with Crippen LogP contribution in [0.4, 0.5) is 4.79 Å². The summed E-state index contributed by atoms with van der Waals surface area (Å²) in [4.78, 5) is 12.3. The normalized spacial score (nSPS) is 12.2. The van der Waals surface area contributed by atoms with Crippen LogP contribution in [0.1, 0.15) is 38.2 Å². The molecule has 0 saturated carbocycles. The quantitative estimate of drug-likeness (QED) is 0.683. The van der Waals surface area contributed by atoms with E-state index in [2.05, 4.69) is 25.7 Å². The van der Waals surface area contributed by atoms with Gasteiger partial charge >= 0.3 is 6.09 Å². The van der Waals surface area contributed by atoms with Crippen molar-refractivity contribution in [1.29, 1.82) is 0 Å². The summed E-state index contributed by atoms with van der Waals surface area (Å²) in [5, 5.41) is 28.9. The van der Waals surface area contributed by atoms with Crippen LogP contribution in [0, 0.1) is 0 Å². The highest BCUT2D eigenvalue weighted by molar-refractivity contribution is 5.68. The number of alkyl carbamates (subject to hydrolysis) is 1. The molecule has 1 unspecified atom stereocenters. The highest BCUT2D eigenvalue weighted by atomic mass is 16.6. The number of carbonyl (C=O) groups excluding carboxylic acids is 1. The number of hydrogen-bond acceptors (Lipinski definition) is 7. The van der Waals surface area contributed by atoms with Gasteiger partial charge in [-0.25, -0.2) is 4.79 Å². The van der Waals surface area contributed by atoms with Gasteiger partial charge in [0.15, 0.2) is 5.82 Å². The summed E-state index contributed by atoms with van der Waals surface area (Å²) < 4.78 is 5.35. The molecule has 1 amide bonds. The number of ether oxygens (including phenoxy) is 1. The van der Waals surface area contributed by atoms with Gasteiger partial charge < -0.3 is 15.2 Å². The van der Waals surface area contributed by atoms with E-state index in [1.807, 2.05) is 30.3 Å². The molecule has 0 saturated heterocycles. The number of rotatable bonds is 5. The largest absolute Gasteiger partial charge is 0.508 e. The van der Waals surface area contributed by atoms with Crippen LogP contribution >= 0.6 is 0 Å². The summed E-state index contributed by atoms with van der Waals surface area (Å²) in [6, 6.07) is 15.5. The zero-order chi connectivity index (χ0) is 20.9. The van der Waals surface area contributed by atoms with Crippen molar-refractivity contribution in [2.45, 2.75) is 38.8 Å². The molecule has 0 aliphatic heterocycles. The number of phenolic OH excluding ortho intramolecular Hbond substituents is 1. The van der Waals surface area contributed by atoms with E-state index in [0.29, 0.717) is 12.2 Å². The van der Waals surface area contributed by atoms with Crippen LogP contribution in [-0.4, -0.2) is 37.2 Å². The molecule has 3 aromatic rings. The van der Waals surface area contributed by atoms with Gasteiger partial charge in [-0.1, -0.05) is 42.5 Å². The fourth-order valence-corrected chi connectivity index (χ4v) is 2.60. The number of benzene rings is 2. The molecule has 8 heteroatoms. The van der Waals surface area contributed by atoms with Gasteiger partial charge in [-0.2, -0.15) is 0 Å². The summed E-state index contributed by atoms with van der Waals surface area (Å²) in [7, 11) is 0. The van der Waals surface area contributed by atoms with Gasteiger partial charge in [0.25, 0.3) is 0 Å². The molecule has 8 nitrogen and oxygen atoms in total. The lowest BCUT2D eigenvalue weighted by Crippen LogP contribution is -2.36. The second-order valence-electron chi connectivity index (χ2n) is 7.52. The summed E-state index contributed by atoms with van der Waals surface area (Å²) in [6.45, 7) is 5.36. The highest BCUT2D eigenvalue weighted by Crippen LogP contribution is 2.19. The van der Waals surface area contributed by atoms with Gasteiger partial charge in [0, 0.05) is 12.0 Å². The van der Waals surface area contributed by atoms with Crippen molar-refractivity contribution in [2.75, 3.05) is 0 Å². The summed E-state index contributed by atoms with van der Waals surface area (Å²) in [5.41, 5.74) is 1.04. The second kappa shape index (κ2) is 8.64. The Morgan fingerprint density at radius 3 is 2.21 bits per heavy atom. The first-order valence-electron chi connectivity index (χ1n) is 9.20. The Kier molecular flexibility index (Phi) is 6.01. The molecule has 0 fully saturated rings. The maximum absolute atomic E-state index is 12.3. The molecule has 1 heterocycles. The van der Waals surface area contributed by atoms with Crippen molar-refractivity contribution < 1.29 is 14.6 Å². The van der Waals surface area contributed by atoms with Crippen molar-refractivity contribution in [2.24, 2.45) is 0 Å². The van der Waals surface area contributed by atoms with Crippen LogP contribution in [0.2, 0.25) is 0 Å². The van der Waals surface area contributed by atoms with Crippen LogP contribution in [-0.2, 0) is 11.2 Å². The minimum absolute atomic E-state index is 0.164. The molecule has 0 aliphatic rings. The predicted molar refractivity (Wildman–Crippen MR) is 107 cm³/mol. The first-order valence-corrected chi connectivity index (χ1v) is 9.20. The first kappa shape index (κ1) is 20.2. The van der Waals surface area contributed by atoms with E-state index in [9.17, 15) is 9.90 Å². The zero-order valence-corrected chi connectivity index (χ0v) is 16.5. The van der Waals surface area contributed by atoms with E-state index in [1.165, 1.54) is 0 Å². The molecule has 0 aliphatic carbocycles. The fourth-order valence-electron chi connectivity index (χ4n) is 2.60. The number of hydrogen-bond donors (Lipinski definition) is 2. The molecule has 0 bridgehead atoms. The van der Waals surface area contributed by atoms with Gasteiger partial charge in [-0.15, -0.1) is 20.4 Å². The molecule has 3 rings (SSSR count). The van der Waals surface area contributed by atoms with Crippen LogP contribution in [0.5, 0.6) is 5.75 Å². The molecule has 2 aromatic carbocycles. The maximum atomic E-state index is 12.3. The molecule has 1 aromatic heterocycles. The fraction of sp³-hybridized carbons (Fsp3) is 0.286. The van der Waals surface area contributed by atoms with Gasteiger partial charge in [-0.3, -0.25) is 0 Å². The molecule has 2 N–H and O–H groups in total. The average molecular weight is 393 g/mol. The van der Waals surface area contributed by atoms with E-state index in [1.54, 1.807) is 45.0 Å². The summed E-state index contributed by atoms with van der Waals surface area (Å²) in [5.74, 6) is 0.829. The number of aromatic hydroxyl groups is 1. The highest BCUT2D eigenvalue weighted by Gasteiger charge is 2.23. The third-order valence-corrected chi connectivity index (χ3v) is 3.91. The monoisotopic (exact) mass is 393 g/mol. The molecule has 29 heavy (non-hydrogen) atoms. The molecule has 0 spiro atoms. The Morgan fingerprint density at radius 2 is 1.62 bits per heavy atom. The van der Waals surface area contributed by atoms with Gasteiger partial charge in [0.2, 0.25) is 5.82 Å². The van der Waals surface area contributed by atoms with Gasteiger partial charge in [0.05, 0.1) is 0 Å². The number of nitrogens with one attached hydrogen (secondary N) is 1. The number of nitrogens with zero attached hydrogens (tertiary/aromatic N) is 4. The molecule has 1 atom stereocenters. The standard InChI is InChI=1S/C21H23N5O3/c1-21(2,3)29-20(28)22-17(13-14-9-11-16(27)12-10-14)19-25-23-18(24-26-19)15-7-5-4-6-8-15/h4-12,17,27H,13H2,1-3H3,(H,22,28). The van der Waals surface area contributed by atoms with Gasteiger partial charge in [-0.05, 0) is 38.5 Å². The minimum atomic E-state index is -0.637. The van der Waals surface area contributed by atoms with Crippen molar-refractivity contribution in [3.8, 4) is 17.1 Å². The third kappa shape index (κ3) is 5.97. The number of phenols is 1. The Morgan fingerprint density at radius 1 is 1.00 bits per heavy atom. The van der Waals surface area contributed by atoms with E-state index in [0.717, 1.165) is 11.1 Å². The lowest BCUT2D eigenvalue weighted by Gasteiger charge is -2.22. The molecular formula is C21H23N5O3. The van der Waals surface area contributed by atoms with Crippen LogP contribution in [0.15, 0.2) is 54.6 Å². The average Bonchev–Trinajstić information content (AvgIpc) is 2.68. The lowest BCUT2D eigenvalue weighted by molar-refractivity contribution is 0.0500. The summed E-state index contributed by atoms with van der Waals surface area (Å²) in [6.07, 6.45) is -0.204. The first-order chi connectivity index (χ1) is 13.8. The van der Waals surface area contributed by atoms with E-state index >= 15 is 0 Å². The Labute approximate surface area is 169 Å². The smallest absolute Gasteiger partial charge is 0.408 e. The van der Waals surface area contributed by atoms with Crippen LogP contribution in [0.3, 0.4) is 0 Å². The van der Waals surface area contributed by atoms with Gasteiger partial charge in [0.1, 0.15) is 17.4 Å². The van der Waals surface area contributed by atoms with Crippen molar-refractivity contribution >= 4 is 6.09 Å². The Bertz CT molecular complexity index is 939. The van der Waals surface area contributed by atoms with Crippen molar-refractivity contribution in [1.82, 2.24) is 25.7 Å². The number of carbonyl (C=O) groups is 1. The molecular weight excluding hydrogens is 370 g/mol. The van der Waals surface area contributed by atoms with Crippen LogP contribution < -0.4 is 5.32 Å². The van der Waals surface area contributed by atoms with E-state index < -0.39 is 17.7 Å². The second-order valence-corrected chi connectivity index (χ2v) is 7.52. The topological polar surface area (TPSA) is 110 Å².